The van der Waals surface area contributed by atoms with Crippen LogP contribution in [0.5, 0.6) is 0 Å². The molecule has 3 aromatic rings. The molecular weight excluding hydrogens is 593 g/mol. The first-order chi connectivity index (χ1) is 19.8. The summed E-state index contributed by atoms with van der Waals surface area (Å²) < 4.78 is 33.7. The van der Waals surface area contributed by atoms with E-state index in [4.69, 9.17) is 68.6 Å². The normalized spacial score (nSPS) is 22.6. The Labute approximate surface area is 253 Å². The van der Waals surface area contributed by atoms with Crippen LogP contribution < -0.4 is 0 Å². The number of nitrogens with one attached hydrogen (secondary N) is 1. The molecule has 3 aromatic carbocycles. The summed E-state index contributed by atoms with van der Waals surface area (Å²) in [4.78, 5) is 11.6. The van der Waals surface area contributed by atoms with Gasteiger partial charge in [-0.05, 0) is 16.7 Å². The van der Waals surface area contributed by atoms with E-state index in [1.54, 1.807) is 0 Å². The minimum Gasteiger partial charge on any atom is -0.455 e. The van der Waals surface area contributed by atoms with Gasteiger partial charge in [0.15, 0.2) is 6.10 Å². The highest BCUT2D eigenvalue weighted by Gasteiger charge is 2.51. The van der Waals surface area contributed by atoms with Crippen molar-refractivity contribution in [1.82, 2.24) is 0 Å². The molecule has 0 unspecified atom stereocenters. The number of hydrogen-bond acceptors (Lipinski definition) is 8. The number of halogens is 3. The van der Waals surface area contributed by atoms with Gasteiger partial charge < -0.3 is 28.4 Å². The minimum atomic E-state index is -2.17. The monoisotopic (exact) mass is 621 g/mol. The van der Waals surface area contributed by atoms with Gasteiger partial charge >= 0.3 is 0 Å². The number of carbonyl (C=O) groups is 1. The van der Waals surface area contributed by atoms with E-state index in [9.17, 15) is 4.79 Å². The average Bonchev–Trinajstić information content (AvgIpc) is 2.98. The van der Waals surface area contributed by atoms with Gasteiger partial charge in [-0.2, -0.15) is 0 Å². The predicted octanol–water partition coefficient (Wildman–Crippen LogP) is 6.00. The largest absolute Gasteiger partial charge is 0.455 e. The Bertz CT molecular complexity index is 1220. The zero-order chi connectivity index (χ0) is 29.1. The van der Waals surface area contributed by atoms with E-state index in [1.807, 2.05) is 91.0 Å². The molecule has 8 nitrogen and oxygen atoms in total. The van der Waals surface area contributed by atoms with Crippen molar-refractivity contribution in [2.75, 3.05) is 6.61 Å². The molecule has 1 N–H and O–H groups in total. The smallest absolute Gasteiger partial charge is 0.293 e. The summed E-state index contributed by atoms with van der Waals surface area (Å²) in [6, 6.07) is 28.7. The van der Waals surface area contributed by atoms with Gasteiger partial charge in [-0.25, -0.2) is 0 Å². The second-order valence-electron chi connectivity index (χ2n) is 9.21. The van der Waals surface area contributed by atoms with E-state index in [0.29, 0.717) is 6.61 Å². The van der Waals surface area contributed by atoms with E-state index in [1.165, 1.54) is 0 Å². The topological polar surface area (TPSA) is 96.3 Å². The SMILES string of the molecule is N=C(O[C@@H]1O[C@H](COCc2ccccc2)[C@H](OCc2ccccc2)[C@H](OCc2ccccc2)[C@H]1OC=O)C(Cl)(Cl)Cl. The Hall–Kier alpha value is -2.69. The van der Waals surface area contributed by atoms with Crippen LogP contribution in [0.4, 0.5) is 0 Å². The first-order valence-electron chi connectivity index (χ1n) is 12.8. The van der Waals surface area contributed by atoms with Crippen molar-refractivity contribution >= 4 is 47.2 Å². The van der Waals surface area contributed by atoms with Crippen LogP contribution in [0, 0.1) is 5.41 Å². The van der Waals surface area contributed by atoms with E-state index >= 15 is 0 Å². The van der Waals surface area contributed by atoms with Gasteiger partial charge in [-0.1, -0.05) is 126 Å². The molecule has 41 heavy (non-hydrogen) atoms. The standard InChI is InChI=1S/C30H30Cl3NO7/c31-30(32,33)29(34)41-28-27(39-20-35)26(38-18-23-14-8-3-9-15-23)25(37-17-22-12-6-2-7-13-22)24(40-28)19-36-16-21-10-4-1-5-11-21/h1-15,20,24-28,34H,16-19H2/t24-,25+,26+,27-,28+/m1/s1. The van der Waals surface area contributed by atoms with Crippen molar-refractivity contribution in [1.29, 1.82) is 5.41 Å². The van der Waals surface area contributed by atoms with Crippen molar-refractivity contribution in [3.63, 3.8) is 0 Å². The molecule has 0 saturated carbocycles. The predicted molar refractivity (Wildman–Crippen MR) is 155 cm³/mol. The second kappa shape index (κ2) is 15.5. The Morgan fingerprint density at radius 1 is 0.756 bits per heavy atom. The van der Waals surface area contributed by atoms with Crippen molar-refractivity contribution in [2.24, 2.45) is 0 Å². The van der Waals surface area contributed by atoms with Crippen molar-refractivity contribution in [3.8, 4) is 0 Å². The fourth-order valence-electron chi connectivity index (χ4n) is 4.29. The van der Waals surface area contributed by atoms with Crippen molar-refractivity contribution < 1.29 is 33.2 Å². The molecule has 1 fully saturated rings. The third kappa shape index (κ3) is 9.41. The summed E-state index contributed by atoms with van der Waals surface area (Å²) in [5.41, 5.74) is 2.77. The van der Waals surface area contributed by atoms with E-state index in [2.05, 4.69) is 0 Å². The van der Waals surface area contributed by atoms with Gasteiger partial charge in [-0.3, -0.25) is 10.2 Å². The molecule has 0 spiro atoms. The highest BCUT2D eigenvalue weighted by Crippen LogP contribution is 2.34. The number of ether oxygens (including phenoxy) is 6. The Balaban J connectivity index is 1.62. The van der Waals surface area contributed by atoms with Crippen LogP contribution >= 0.6 is 34.8 Å². The van der Waals surface area contributed by atoms with Crippen LogP contribution in [0.3, 0.4) is 0 Å². The quantitative estimate of drug-likeness (QED) is 0.108. The van der Waals surface area contributed by atoms with Gasteiger partial charge in [-0.15, -0.1) is 0 Å². The minimum absolute atomic E-state index is 0.0638. The molecule has 0 aromatic heterocycles. The number of alkyl halides is 3. The molecule has 0 radical (unpaired) electrons. The first kappa shape index (κ1) is 31.3. The van der Waals surface area contributed by atoms with Gasteiger partial charge in [0, 0.05) is 0 Å². The highest BCUT2D eigenvalue weighted by molar-refractivity contribution is 6.76. The first-order valence-corrected chi connectivity index (χ1v) is 14.0. The van der Waals surface area contributed by atoms with E-state index < -0.39 is 40.4 Å². The second-order valence-corrected chi connectivity index (χ2v) is 11.5. The third-order valence-electron chi connectivity index (χ3n) is 6.26. The lowest BCUT2D eigenvalue weighted by Gasteiger charge is -2.45. The van der Waals surface area contributed by atoms with Crippen LogP contribution in [0.25, 0.3) is 0 Å². The Morgan fingerprint density at radius 2 is 1.24 bits per heavy atom. The van der Waals surface area contributed by atoms with Crippen LogP contribution in [0.2, 0.25) is 0 Å². The molecule has 218 valence electrons. The number of rotatable bonds is 13. The Morgan fingerprint density at radius 3 is 1.73 bits per heavy atom. The van der Waals surface area contributed by atoms with E-state index in [-0.39, 0.29) is 26.3 Å². The summed E-state index contributed by atoms with van der Waals surface area (Å²) in [7, 11) is 0. The van der Waals surface area contributed by atoms with Crippen LogP contribution in [-0.2, 0) is 53.0 Å². The molecule has 0 amide bonds. The maximum atomic E-state index is 11.6. The molecule has 0 aliphatic carbocycles. The summed E-state index contributed by atoms with van der Waals surface area (Å²) in [6.45, 7) is 1.02. The lowest BCUT2D eigenvalue weighted by atomic mass is 9.98. The lowest BCUT2D eigenvalue weighted by Crippen LogP contribution is -2.62. The molecule has 1 aliphatic rings. The van der Waals surface area contributed by atoms with Gasteiger partial charge in [0.25, 0.3) is 10.3 Å². The average molecular weight is 623 g/mol. The maximum Gasteiger partial charge on any atom is 0.293 e. The third-order valence-corrected chi connectivity index (χ3v) is 6.77. The summed E-state index contributed by atoms with van der Waals surface area (Å²) in [6.07, 6.45) is -4.98. The molecule has 5 atom stereocenters. The fourth-order valence-corrected chi connectivity index (χ4v) is 4.42. The molecule has 4 rings (SSSR count). The number of carbonyl (C=O) groups excluding carboxylic acids is 1. The van der Waals surface area contributed by atoms with Gasteiger partial charge in [0.1, 0.15) is 18.3 Å². The molecule has 1 saturated heterocycles. The van der Waals surface area contributed by atoms with Crippen LogP contribution in [-0.4, -0.2) is 53.5 Å². The molecular formula is C30H30Cl3NO7. The van der Waals surface area contributed by atoms with Crippen molar-refractivity contribution in [3.05, 3.63) is 108 Å². The summed E-state index contributed by atoms with van der Waals surface area (Å²) in [5.74, 6) is -0.707. The molecule has 1 aliphatic heterocycles. The lowest BCUT2D eigenvalue weighted by molar-refractivity contribution is -0.303. The number of hydrogen-bond donors (Lipinski definition) is 1. The molecule has 0 bridgehead atoms. The van der Waals surface area contributed by atoms with Crippen molar-refractivity contribution in [2.45, 2.75) is 54.3 Å². The highest BCUT2D eigenvalue weighted by atomic mass is 35.6. The van der Waals surface area contributed by atoms with Crippen LogP contribution in [0.15, 0.2) is 91.0 Å². The number of benzene rings is 3. The zero-order valence-corrected chi connectivity index (χ0v) is 24.2. The van der Waals surface area contributed by atoms with E-state index in [0.717, 1.165) is 16.7 Å². The zero-order valence-electron chi connectivity index (χ0n) is 21.9. The molecule has 11 heteroatoms. The summed E-state index contributed by atoms with van der Waals surface area (Å²) >= 11 is 17.6. The summed E-state index contributed by atoms with van der Waals surface area (Å²) in [5, 5.41) is 8.12. The Kier molecular flexibility index (Phi) is 11.8. The fraction of sp³-hybridized carbons (Fsp3) is 0.333. The van der Waals surface area contributed by atoms with Gasteiger partial charge in [0.05, 0.1) is 26.4 Å². The van der Waals surface area contributed by atoms with Crippen LogP contribution in [0.1, 0.15) is 16.7 Å². The molecule has 1 heterocycles. The van der Waals surface area contributed by atoms with Gasteiger partial charge in [0.2, 0.25) is 12.2 Å². The maximum absolute atomic E-state index is 11.6.